The number of hydrogen-bond acceptors (Lipinski definition) is 5. The zero-order valence-electron chi connectivity index (χ0n) is 10.9. The summed E-state index contributed by atoms with van der Waals surface area (Å²) in [4.78, 5) is 7.73. The molecule has 0 aliphatic rings. The van der Waals surface area contributed by atoms with Crippen LogP contribution in [0.25, 0.3) is 11.0 Å². The summed E-state index contributed by atoms with van der Waals surface area (Å²) >= 11 is 1.60. The summed E-state index contributed by atoms with van der Waals surface area (Å²) in [6.45, 7) is 3.68. The highest BCUT2D eigenvalue weighted by molar-refractivity contribution is 7.99. The molecule has 1 aromatic carbocycles. The van der Waals surface area contributed by atoms with Crippen LogP contribution >= 0.6 is 11.8 Å². The van der Waals surface area contributed by atoms with Crippen molar-refractivity contribution in [2.24, 2.45) is 0 Å². The van der Waals surface area contributed by atoms with Crippen molar-refractivity contribution in [1.82, 2.24) is 9.97 Å². The van der Waals surface area contributed by atoms with Crippen LogP contribution in [0.4, 0.5) is 0 Å². The van der Waals surface area contributed by atoms with E-state index in [1.807, 2.05) is 25.1 Å². The highest BCUT2D eigenvalue weighted by atomic mass is 32.2. The molecule has 0 fully saturated rings. The molecule has 6 heteroatoms. The van der Waals surface area contributed by atoms with Crippen molar-refractivity contribution in [2.45, 2.75) is 12.1 Å². The molecular formula is C13H18N2O3S. The summed E-state index contributed by atoms with van der Waals surface area (Å²) in [7, 11) is 0. The minimum Gasteiger partial charge on any atom is -0.494 e. The maximum absolute atomic E-state index is 8.59. The number of benzene rings is 1. The van der Waals surface area contributed by atoms with Crippen LogP contribution in [0.2, 0.25) is 0 Å². The fourth-order valence-corrected chi connectivity index (χ4v) is 2.39. The molecular weight excluding hydrogens is 264 g/mol. The van der Waals surface area contributed by atoms with E-state index in [4.69, 9.17) is 14.6 Å². The van der Waals surface area contributed by atoms with Crippen molar-refractivity contribution in [1.29, 1.82) is 0 Å². The number of fused-ring (bicyclic) bond motifs is 1. The number of aliphatic hydroxyl groups is 1. The SMILES string of the molecule is CCOc1ccc2nc(SCCOCCO)[nH]c2c1. The third-order valence-corrected chi connectivity index (χ3v) is 3.28. The van der Waals surface area contributed by atoms with Gasteiger partial charge >= 0.3 is 0 Å². The molecule has 104 valence electrons. The summed E-state index contributed by atoms with van der Waals surface area (Å²) in [5, 5.41) is 9.46. The Morgan fingerprint density at radius 2 is 2.26 bits per heavy atom. The molecule has 2 N–H and O–H groups in total. The molecule has 0 saturated carbocycles. The van der Waals surface area contributed by atoms with Gasteiger partial charge in [-0.25, -0.2) is 4.98 Å². The van der Waals surface area contributed by atoms with Crippen molar-refractivity contribution in [2.75, 3.05) is 32.2 Å². The Hall–Kier alpha value is -1.24. The quantitative estimate of drug-likeness (QED) is 0.573. The molecule has 1 aromatic heterocycles. The van der Waals surface area contributed by atoms with Gasteiger partial charge in [0, 0.05) is 11.8 Å². The van der Waals surface area contributed by atoms with E-state index >= 15 is 0 Å². The van der Waals surface area contributed by atoms with E-state index in [9.17, 15) is 0 Å². The topological polar surface area (TPSA) is 67.4 Å². The molecule has 0 aliphatic carbocycles. The third kappa shape index (κ3) is 4.12. The lowest BCUT2D eigenvalue weighted by molar-refractivity contribution is 0.103. The van der Waals surface area contributed by atoms with E-state index in [1.165, 1.54) is 0 Å². The highest BCUT2D eigenvalue weighted by Crippen LogP contribution is 2.23. The molecule has 0 radical (unpaired) electrons. The van der Waals surface area contributed by atoms with Crippen LogP contribution < -0.4 is 4.74 Å². The normalized spacial score (nSPS) is 11.1. The van der Waals surface area contributed by atoms with Crippen molar-refractivity contribution in [3.8, 4) is 5.75 Å². The van der Waals surface area contributed by atoms with Crippen molar-refractivity contribution < 1.29 is 14.6 Å². The van der Waals surface area contributed by atoms with Gasteiger partial charge in [0.15, 0.2) is 5.16 Å². The van der Waals surface area contributed by atoms with Gasteiger partial charge in [-0.05, 0) is 19.1 Å². The van der Waals surface area contributed by atoms with Crippen LogP contribution in [0, 0.1) is 0 Å². The second-order valence-electron chi connectivity index (χ2n) is 3.84. The molecule has 0 amide bonds. The molecule has 19 heavy (non-hydrogen) atoms. The number of H-pyrrole nitrogens is 1. The first-order chi connectivity index (χ1) is 9.33. The number of aliphatic hydroxyl groups excluding tert-OH is 1. The summed E-state index contributed by atoms with van der Waals surface area (Å²) in [5.41, 5.74) is 1.91. The van der Waals surface area contributed by atoms with Gasteiger partial charge in [0.1, 0.15) is 5.75 Å². The minimum absolute atomic E-state index is 0.0650. The summed E-state index contributed by atoms with van der Waals surface area (Å²) < 4.78 is 10.6. The zero-order valence-corrected chi connectivity index (χ0v) is 11.7. The van der Waals surface area contributed by atoms with Crippen LogP contribution in [-0.4, -0.2) is 47.3 Å². The molecule has 0 bridgehead atoms. The van der Waals surface area contributed by atoms with Gasteiger partial charge in [-0.3, -0.25) is 0 Å². The number of nitrogens with zero attached hydrogens (tertiary/aromatic N) is 1. The minimum atomic E-state index is 0.0650. The highest BCUT2D eigenvalue weighted by Gasteiger charge is 2.04. The number of aromatic nitrogens is 2. The number of rotatable bonds is 8. The zero-order chi connectivity index (χ0) is 13.5. The Labute approximate surface area is 116 Å². The largest absolute Gasteiger partial charge is 0.494 e. The Balaban J connectivity index is 1.93. The smallest absolute Gasteiger partial charge is 0.166 e. The summed E-state index contributed by atoms with van der Waals surface area (Å²) in [6.07, 6.45) is 0. The number of aromatic amines is 1. The van der Waals surface area contributed by atoms with Gasteiger partial charge in [-0.15, -0.1) is 0 Å². The number of nitrogens with one attached hydrogen (secondary N) is 1. The Kier molecular flexibility index (Phi) is 5.50. The molecule has 1 heterocycles. The molecule has 0 aliphatic heterocycles. The predicted molar refractivity (Wildman–Crippen MR) is 75.9 cm³/mol. The fraction of sp³-hybridized carbons (Fsp3) is 0.462. The monoisotopic (exact) mass is 282 g/mol. The second kappa shape index (κ2) is 7.37. The van der Waals surface area contributed by atoms with Crippen molar-refractivity contribution in [3.05, 3.63) is 18.2 Å². The van der Waals surface area contributed by atoms with Gasteiger partial charge < -0.3 is 19.6 Å². The van der Waals surface area contributed by atoms with E-state index < -0.39 is 0 Å². The lowest BCUT2D eigenvalue weighted by Gasteiger charge is -2.00. The van der Waals surface area contributed by atoms with Gasteiger partial charge in [-0.1, -0.05) is 11.8 Å². The second-order valence-corrected chi connectivity index (χ2v) is 4.92. The van der Waals surface area contributed by atoms with E-state index in [0.29, 0.717) is 19.8 Å². The Morgan fingerprint density at radius 3 is 3.05 bits per heavy atom. The van der Waals surface area contributed by atoms with Gasteiger partial charge in [0.2, 0.25) is 0 Å². The van der Waals surface area contributed by atoms with Crippen LogP contribution in [0.3, 0.4) is 0 Å². The summed E-state index contributed by atoms with van der Waals surface area (Å²) in [6, 6.07) is 5.83. The van der Waals surface area contributed by atoms with Gasteiger partial charge in [0.05, 0.1) is 37.5 Å². The maximum atomic E-state index is 8.59. The van der Waals surface area contributed by atoms with Gasteiger partial charge in [-0.2, -0.15) is 0 Å². The number of imidazole rings is 1. The van der Waals surface area contributed by atoms with E-state index in [2.05, 4.69) is 9.97 Å². The lowest BCUT2D eigenvalue weighted by Crippen LogP contribution is -2.02. The molecule has 2 aromatic rings. The molecule has 0 spiro atoms. The van der Waals surface area contributed by atoms with Crippen LogP contribution in [-0.2, 0) is 4.74 Å². The number of thioether (sulfide) groups is 1. The molecule has 0 unspecified atom stereocenters. The Morgan fingerprint density at radius 1 is 1.37 bits per heavy atom. The first-order valence-electron chi connectivity index (χ1n) is 6.27. The third-order valence-electron chi connectivity index (χ3n) is 2.44. The van der Waals surface area contributed by atoms with Crippen LogP contribution in [0.5, 0.6) is 5.75 Å². The van der Waals surface area contributed by atoms with Crippen molar-refractivity contribution >= 4 is 22.8 Å². The Bertz CT molecular complexity index is 516. The standard InChI is InChI=1S/C13H18N2O3S/c1-2-18-10-3-4-11-12(9-10)15-13(14-11)19-8-7-17-6-5-16/h3-4,9,16H,2,5-8H2,1H3,(H,14,15). The molecule has 0 saturated heterocycles. The predicted octanol–water partition coefficient (Wildman–Crippen LogP) is 2.06. The van der Waals surface area contributed by atoms with E-state index in [-0.39, 0.29) is 6.61 Å². The van der Waals surface area contributed by atoms with E-state index in [0.717, 1.165) is 27.7 Å². The number of hydrogen-bond donors (Lipinski definition) is 2. The average molecular weight is 282 g/mol. The molecule has 0 atom stereocenters. The molecule has 5 nitrogen and oxygen atoms in total. The van der Waals surface area contributed by atoms with Crippen LogP contribution in [0.15, 0.2) is 23.4 Å². The first kappa shape index (κ1) is 14.2. The maximum Gasteiger partial charge on any atom is 0.166 e. The molecule has 2 rings (SSSR count). The van der Waals surface area contributed by atoms with Gasteiger partial charge in [0.25, 0.3) is 0 Å². The lowest BCUT2D eigenvalue weighted by atomic mass is 10.3. The van der Waals surface area contributed by atoms with Crippen LogP contribution in [0.1, 0.15) is 6.92 Å². The average Bonchev–Trinajstić information content (AvgIpc) is 2.81. The summed E-state index contributed by atoms with van der Waals surface area (Å²) in [5.74, 6) is 1.65. The fourth-order valence-electron chi connectivity index (χ4n) is 1.65. The van der Waals surface area contributed by atoms with Crippen molar-refractivity contribution in [3.63, 3.8) is 0 Å². The first-order valence-corrected chi connectivity index (χ1v) is 7.26. The number of ether oxygens (including phenoxy) is 2. The van der Waals surface area contributed by atoms with E-state index in [1.54, 1.807) is 11.8 Å².